The Morgan fingerprint density at radius 1 is 1.25 bits per heavy atom. The molecule has 2 heterocycles. The lowest BCUT2D eigenvalue weighted by Gasteiger charge is -2.17. The third-order valence-electron chi connectivity index (χ3n) is 5.61. The molecule has 0 atom stereocenters. The lowest BCUT2D eigenvalue weighted by molar-refractivity contribution is 0.0792. The molecule has 0 saturated heterocycles. The standard InChI is InChI=1S/C23H27N3O4S2/c1-14-19-15(2)24-21(16-9-10-16)25-22(19)31-20(14)23(27)26(3)11-6-12-30-17-7-5-8-18(13-17)32(4,28)29/h5,7-8,13,16H,6,9-12H2,1-4H3. The Labute approximate surface area is 192 Å². The Balaban J connectivity index is 1.38. The zero-order valence-electron chi connectivity index (χ0n) is 18.7. The van der Waals surface area contributed by atoms with Gasteiger partial charge in [-0.2, -0.15) is 0 Å². The van der Waals surface area contributed by atoms with E-state index in [0.29, 0.717) is 36.1 Å². The van der Waals surface area contributed by atoms with Gasteiger partial charge in [-0.3, -0.25) is 4.79 Å². The minimum Gasteiger partial charge on any atom is -0.493 e. The number of nitrogens with zero attached hydrogens (tertiary/aromatic N) is 3. The van der Waals surface area contributed by atoms with Gasteiger partial charge in [-0.15, -0.1) is 11.3 Å². The summed E-state index contributed by atoms with van der Waals surface area (Å²) in [6, 6.07) is 6.44. The summed E-state index contributed by atoms with van der Waals surface area (Å²) in [6.07, 6.45) is 4.08. The van der Waals surface area contributed by atoms with Crippen LogP contribution >= 0.6 is 11.3 Å². The van der Waals surface area contributed by atoms with E-state index < -0.39 is 9.84 Å². The van der Waals surface area contributed by atoms with E-state index in [9.17, 15) is 13.2 Å². The summed E-state index contributed by atoms with van der Waals surface area (Å²) >= 11 is 1.44. The highest BCUT2D eigenvalue weighted by Crippen LogP contribution is 2.40. The van der Waals surface area contributed by atoms with Gasteiger partial charge in [-0.1, -0.05) is 6.07 Å². The van der Waals surface area contributed by atoms with Crippen LogP contribution in [0.4, 0.5) is 0 Å². The van der Waals surface area contributed by atoms with Gasteiger partial charge in [0.1, 0.15) is 16.4 Å². The fourth-order valence-corrected chi connectivity index (χ4v) is 5.54. The van der Waals surface area contributed by atoms with Gasteiger partial charge in [-0.05, 0) is 56.9 Å². The highest BCUT2D eigenvalue weighted by Gasteiger charge is 2.29. The molecule has 0 radical (unpaired) electrons. The molecule has 170 valence electrons. The molecule has 0 bridgehead atoms. The van der Waals surface area contributed by atoms with Crippen molar-refractivity contribution >= 4 is 37.3 Å². The zero-order valence-corrected chi connectivity index (χ0v) is 20.3. The predicted molar refractivity (Wildman–Crippen MR) is 125 cm³/mol. The third-order valence-corrected chi connectivity index (χ3v) is 7.90. The van der Waals surface area contributed by atoms with Crippen LogP contribution in [0, 0.1) is 13.8 Å². The molecule has 1 aliphatic carbocycles. The van der Waals surface area contributed by atoms with E-state index in [2.05, 4.69) is 4.98 Å². The zero-order chi connectivity index (χ0) is 23.0. The van der Waals surface area contributed by atoms with Crippen molar-refractivity contribution in [3.05, 3.63) is 46.2 Å². The molecule has 9 heteroatoms. The number of fused-ring (bicyclic) bond motifs is 1. The molecule has 1 amide bonds. The number of aryl methyl sites for hydroxylation is 2. The van der Waals surface area contributed by atoms with E-state index in [0.717, 1.165) is 40.1 Å². The van der Waals surface area contributed by atoms with Crippen molar-refractivity contribution in [1.82, 2.24) is 14.9 Å². The number of benzene rings is 1. The Hall–Kier alpha value is -2.52. The summed E-state index contributed by atoms with van der Waals surface area (Å²) in [4.78, 5) is 26.0. The van der Waals surface area contributed by atoms with Crippen LogP contribution in [0.5, 0.6) is 5.75 Å². The van der Waals surface area contributed by atoms with E-state index in [-0.39, 0.29) is 10.8 Å². The Morgan fingerprint density at radius 2 is 2.00 bits per heavy atom. The van der Waals surface area contributed by atoms with Crippen molar-refractivity contribution in [1.29, 1.82) is 0 Å². The minimum absolute atomic E-state index is 0.0306. The van der Waals surface area contributed by atoms with Crippen LogP contribution in [0.1, 0.15) is 51.9 Å². The first-order valence-corrected chi connectivity index (χ1v) is 13.3. The maximum Gasteiger partial charge on any atom is 0.264 e. The van der Waals surface area contributed by atoms with Gasteiger partial charge in [0.05, 0.1) is 22.1 Å². The number of hydrogen-bond donors (Lipinski definition) is 0. The first-order valence-electron chi connectivity index (χ1n) is 10.6. The summed E-state index contributed by atoms with van der Waals surface area (Å²) in [5.41, 5.74) is 1.88. The molecule has 1 aromatic carbocycles. The number of sulfone groups is 1. The third kappa shape index (κ3) is 4.78. The largest absolute Gasteiger partial charge is 0.493 e. The summed E-state index contributed by atoms with van der Waals surface area (Å²) < 4.78 is 29.0. The monoisotopic (exact) mass is 473 g/mol. The predicted octanol–water partition coefficient (Wildman–Crippen LogP) is 4.13. The number of carbonyl (C=O) groups is 1. The van der Waals surface area contributed by atoms with Crippen molar-refractivity contribution < 1.29 is 17.9 Å². The molecular weight excluding hydrogens is 446 g/mol. The van der Waals surface area contributed by atoms with Gasteiger partial charge in [0.15, 0.2) is 9.84 Å². The quantitative estimate of drug-likeness (QED) is 0.457. The molecule has 4 rings (SSSR count). The van der Waals surface area contributed by atoms with Crippen LogP contribution in [-0.2, 0) is 9.84 Å². The molecule has 0 N–H and O–H groups in total. The highest BCUT2D eigenvalue weighted by molar-refractivity contribution is 7.90. The summed E-state index contributed by atoms with van der Waals surface area (Å²) in [5, 5.41) is 0.991. The van der Waals surface area contributed by atoms with Crippen LogP contribution in [0.25, 0.3) is 10.2 Å². The van der Waals surface area contributed by atoms with Gasteiger partial charge >= 0.3 is 0 Å². The van der Waals surface area contributed by atoms with E-state index >= 15 is 0 Å². The number of rotatable bonds is 8. The molecule has 3 aromatic rings. The maximum atomic E-state index is 13.1. The van der Waals surface area contributed by atoms with Gasteiger partial charge in [0.25, 0.3) is 5.91 Å². The summed E-state index contributed by atoms with van der Waals surface area (Å²) in [5.74, 6) is 1.85. The second-order valence-corrected chi connectivity index (χ2v) is 11.4. The first-order chi connectivity index (χ1) is 15.1. The second kappa shape index (κ2) is 8.78. The summed E-state index contributed by atoms with van der Waals surface area (Å²) in [7, 11) is -1.49. The average Bonchev–Trinajstić information content (AvgIpc) is 3.54. The normalized spacial score (nSPS) is 14.0. The number of carbonyl (C=O) groups excluding carboxylic acids is 1. The van der Waals surface area contributed by atoms with Gasteiger partial charge in [0.2, 0.25) is 0 Å². The maximum absolute atomic E-state index is 13.1. The van der Waals surface area contributed by atoms with Crippen molar-refractivity contribution in [2.75, 3.05) is 26.5 Å². The van der Waals surface area contributed by atoms with Crippen molar-refractivity contribution in [3.63, 3.8) is 0 Å². The molecule has 1 saturated carbocycles. The lowest BCUT2D eigenvalue weighted by Crippen LogP contribution is -2.28. The van der Waals surface area contributed by atoms with E-state index in [4.69, 9.17) is 9.72 Å². The number of hydrogen-bond acceptors (Lipinski definition) is 7. The van der Waals surface area contributed by atoms with Crippen molar-refractivity contribution in [2.24, 2.45) is 0 Å². The number of aromatic nitrogens is 2. The van der Waals surface area contributed by atoms with Crippen LogP contribution in [0.3, 0.4) is 0 Å². The van der Waals surface area contributed by atoms with E-state index in [1.807, 2.05) is 13.8 Å². The molecular formula is C23H27N3O4S2. The Kier molecular flexibility index (Phi) is 6.22. The van der Waals surface area contributed by atoms with Crippen LogP contribution in [0.15, 0.2) is 29.2 Å². The molecule has 1 fully saturated rings. The van der Waals surface area contributed by atoms with E-state index in [1.54, 1.807) is 30.1 Å². The SMILES string of the molecule is Cc1nc(C2CC2)nc2sc(C(=O)N(C)CCCOc3cccc(S(C)(=O)=O)c3)c(C)c12. The van der Waals surface area contributed by atoms with Crippen LogP contribution in [-0.4, -0.2) is 55.6 Å². The summed E-state index contributed by atoms with van der Waals surface area (Å²) in [6.45, 7) is 4.86. The van der Waals surface area contributed by atoms with Crippen LogP contribution < -0.4 is 4.74 Å². The van der Waals surface area contributed by atoms with Gasteiger partial charge in [0, 0.05) is 31.2 Å². The molecule has 0 aliphatic heterocycles. The molecule has 1 aliphatic rings. The second-order valence-electron chi connectivity index (χ2n) is 8.35. The van der Waals surface area contributed by atoms with Crippen LogP contribution in [0.2, 0.25) is 0 Å². The average molecular weight is 474 g/mol. The number of thiophene rings is 1. The molecule has 2 aromatic heterocycles. The molecule has 0 spiro atoms. The molecule has 7 nitrogen and oxygen atoms in total. The number of amides is 1. The highest BCUT2D eigenvalue weighted by atomic mass is 32.2. The number of ether oxygens (including phenoxy) is 1. The fourth-order valence-electron chi connectivity index (χ4n) is 3.65. The van der Waals surface area contributed by atoms with Gasteiger partial charge < -0.3 is 9.64 Å². The first kappa shape index (κ1) is 22.7. The molecule has 0 unspecified atom stereocenters. The van der Waals surface area contributed by atoms with E-state index in [1.165, 1.54) is 23.7 Å². The molecule has 32 heavy (non-hydrogen) atoms. The lowest BCUT2D eigenvalue weighted by atomic mass is 10.1. The van der Waals surface area contributed by atoms with Crippen molar-refractivity contribution in [3.8, 4) is 5.75 Å². The Bertz CT molecular complexity index is 1280. The Morgan fingerprint density at radius 3 is 2.69 bits per heavy atom. The van der Waals surface area contributed by atoms with Crippen molar-refractivity contribution in [2.45, 2.75) is 43.9 Å². The minimum atomic E-state index is -3.28. The fraction of sp³-hybridized carbons (Fsp3) is 0.435. The van der Waals surface area contributed by atoms with Gasteiger partial charge in [-0.25, -0.2) is 18.4 Å². The topological polar surface area (TPSA) is 89.5 Å². The smallest absolute Gasteiger partial charge is 0.264 e.